The summed E-state index contributed by atoms with van der Waals surface area (Å²) in [5.41, 5.74) is 2.09. The van der Waals surface area contributed by atoms with E-state index in [1.807, 2.05) is 24.3 Å². The molecule has 0 radical (unpaired) electrons. The van der Waals surface area contributed by atoms with Gasteiger partial charge in [0, 0.05) is 11.8 Å². The fraction of sp³-hybridized carbons (Fsp3) is 0.154. The van der Waals surface area contributed by atoms with Crippen LogP contribution in [0.15, 0.2) is 40.8 Å². The number of carboxylic acids is 1. The third-order valence-corrected chi connectivity index (χ3v) is 2.47. The molecule has 0 aliphatic rings. The molecular formula is C13H13NO3. The maximum atomic E-state index is 10.7. The van der Waals surface area contributed by atoms with Gasteiger partial charge in [-0.2, -0.15) is 0 Å². The van der Waals surface area contributed by atoms with E-state index < -0.39 is 5.97 Å². The standard InChI is InChI=1S/C13H13NO3/c1-2-9-5-3-4-6-10(9)14-12-8-7-11(17-12)13(15)16/h3-8,14H,2H2,1H3,(H,15,16). The Bertz CT molecular complexity index is 531. The van der Waals surface area contributed by atoms with Crippen LogP contribution in [0.5, 0.6) is 0 Å². The number of benzene rings is 1. The highest BCUT2D eigenvalue weighted by molar-refractivity contribution is 5.85. The van der Waals surface area contributed by atoms with Crippen molar-refractivity contribution in [2.45, 2.75) is 13.3 Å². The van der Waals surface area contributed by atoms with Crippen LogP contribution in [0.4, 0.5) is 11.6 Å². The Morgan fingerprint density at radius 3 is 2.71 bits per heavy atom. The number of rotatable bonds is 4. The van der Waals surface area contributed by atoms with Gasteiger partial charge in [0.1, 0.15) is 0 Å². The van der Waals surface area contributed by atoms with Gasteiger partial charge in [-0.1, -0.05) is 25.1 Å². The van der Waals surface area contributed by atoms with Gasteiger partial charge in [0.15, 0.2) is 5.88 Å². The van der Waals surface area contributed by atoms with E-state index in [1.165, 1.54) is 6.07 Å². The van der Waals surface area contributed by atoms with Crippen LogP contribution in [0.2, 0.25) is 0 Å². The number of anilines is 2. The molecular weight excluding hydrogens is 218 g/mol. The first-order valence-corrected chi connectivity index (χ1v) is 5.38. The molecule has 0 atom stereocenters. The summed E-state index contributed by atoms with van der Waals surface area (Å²) in [6, 6.07) is 10.9. The second kappa shape index (κ2) is 4.74. The fourth-order valence-corrected chi connectivity index (χ4v) is 1.60. The molecule has 2 N–H and O–H groups in total. The minimum absolute atomic E-state index is 0.0681. The zero-order valence-corrected chi connectivity index (χ0v) is 9.43. The average molecular weight is 231 g/mol. The molecule has 1 heterocycles. The Morgan fingerprint density at radius 1 is 1.29 bits per heavy atom. The van der Waals surface area contributed by atoms with Gasteiger partial charge >= 0.3 is 5.97 Å². The van der Waals surface area contributed by atoms with Gasteiger partial charge in [0.25, 0.3) is 0 Å². The number of aryl methyl sites for hydroxylation is 1. The van der Waals surface area contributed by atoms with Gasteiger partial charge in [0.05, 0.1) is 0 Å². The van der Waals surface area contributed by atoms with Crippen molar-refractivity contribution in [3.8, 4) is 0 Å². The molecule has 2 rings (SSSR count). The molecule has 4 nitrogen and oxygen atoms in total. The fourth-order valence-electron chi connectivity index (χ4n) is 1.60. The number of aromatic carboxylic acids is 1. The quantitative estimate of drug-likeness (QED) is 0.847. The molecule has 0 saturated carbocycles. The monoisotopic (exact) mass is 231 g/mol. The lowest BCUT2D eigenvalue weighted by atomic mass is 10.1. The van der Waals surface area contributed by atoms with E-state index in [4.69, 9.17) is 9.52 Å². The number of carbonyl (C=O) groups is 1. The van der Waals surface area contributed by atoms with Crippen LogP contribution in [0.1, 0.15) is 23.0 Å². The SMILES string of the molecule is CCc1ccccc1Nc1ccc(C(=O)O)o1. The first kappa shape index (κ1) is 11.3. The lowest BCUT2D eigenvalue weighted by Gasteiger charge is -2.07. The smallest absolute Gasteiger partial charge is 0.371 e. The Balaban J connectivity index is 2.22. The van der Waals surface area contributed by atoms with Crippen LogP contribution in [-0.2, 0) is 6.42 Å². The van der Waals surface area contributed by atoms with Gasteiger partial charge in [0.2, 0.25) is 5.76 Å². The number of furan rings is 1. The van der Waals surface area contributed by atoms with Crippen LogP contribution >= 0.6 is 0 Å². The molecule has 0 fully saturated rings. The highest BCUT2D eigenvalue weighted by Gasteiger charge is 2.09. The summed E-state index contributed by atoms with van der Waals surface area (Å²) in [7, 11) is 0. The Hall–Kier alpha value is -2.23. The summed E-state index contributed by atoms with van der Waals surface area (Å²) >= 11 is 0. The summed E-state index contributed by atoms with van der Waals surface area (Å²) in [5, 5.41) is 11.8. The van der Waals surface area contributed by atoms with E-state index in [0.29, 0.717) is 5.88 Å². The Kier molecular flexibility index (Phi) is 3.14. The number of carboxylic acid groups (broad SMARTS) is 1. The molecule has 1 aromatic carbocycles. The predicted molar refractivity (Wildman–Crippen MR) is 64.8 cm³/mol. The minimum Gasteiger partial charge on any atom is -0.475 e. The molecule has 17 heavy (non-hydrogen) atoms. The van der Waals surface area contributed by atoms with Crippen LogP contribution in [0, 0.1) is 0 Å². The van der Waals surface area contributed by atoms with Crippen molar-refractivity contribution < 1.29 is 14.3 Å². The third-order valence-electron chi connectivity index (χ3n) is 2.47. The molecule has 0 bridgehead atoms. The molecule has 0 unspecified atom stereocenters. The van der Waals surface area contributed by atoms with E-state index in [0.717, 1.165) is 17.7 Å². The molecule has 0 amide bonds. The number of hydrogen-bond donors (Lipinski definition) is 2. The Morgan fingerprint density at radius 2 is 2.06 bits per heavy atom. The number of nitrogens with one attached hydrogen (secondary N) is 1. The molecule has 0 saturated heterocycles. The second-order valence-corrected chi connectivity index (χ2v) is 3.60. The van der Waals surface area contributed by atoms with Gasteiger partial charge in [-0.05, 0) is 24.1 Å². The normalized spacial score (nSPS) is 10.2. The minimum atomic E-state index is -1.07. The van der Waals surface area contributed by atoms with Gasteiger partial charge in [-0.25, -0.2) is 4.79 Å². The predicted octanol–water partition coefficient (Wildman–Crippen LogP) is 3.28. The van der Waals surface area contributed by atoms with E-state index in [2.05, 4.69) is 12.2 Å². The first-order valence-electron chi connectivity index (χ1n) is 5.38. The highest BCUT2D eigenvalue weighted by atomic mass is 16.4. The lowest BCUT2D eigenvalue weighted by molar-refractivity contribution is 0.0663. The lowest BCUT2D eigenvalue weighted by Crippen LogP contribution is -1.94. The van der Waals surface area contributed by atoms with Crippen molar-refractivity contribution in [1.82, 2.24) is 0 Å². The van der Waals surface area contributed by atoms with Gasteiger partial charge in [-0.3, -0.25) is 0 Å². The number of para-hydroxylation sites is 1. The summed E-state index contributed by atoms with van der Waals surface area (Å²) < 4.78 is 5.14. The molecule has 88 valence electrons. The van der Waals surface area contributed by atoms with Gasteiger partial charge in [-0.15, -0.1) is 0 Å². The van der Waals surface area contributed by atoms with Crippen LogP contribution < -0.4 is 5.32 Å². The van der Waals surface area contributed by atoms with Crippen molar-refractivity contribution in [3.63, 3.8) is 0 Å². The summed E-state index contributed by atoms with van der Waals surface area (Å²) in [6.07, 6.45) is 0.898. The van der Waals surface area contributed by atoms with Crippen molar-refractivity contribution in [2.75, 3.05) is 5.32 Å². The molecule has 0 aliphatic heterocycles. The molecule has 2 aromatic rings. The van der Waals surface area contributed by atoms with Crippen LogP contribution in [0.3, 0.4) is 0 Å². The second-order valence-electron chi connectivity index (χ2n) is 3.60. The van der Waals surface area contributed by atoms with Crippen molar-refractivity contribution in [2.24, 2.45) is 0 Å². The van der Waals surface area contributed by atoms with Crippen LogP contribution in [0.25, 0.3) is 0 Å². The first-order chi connectivity index (χ1) is 8.20. The zero-order valence-electron chi connectivity index (χ0n) is 9.43. The third kappa shape index (κ3) is 2.47. The molecule has 0 aliphatic carbocycles. The zero-order chi connectivity index (χ0) is 12.3. The van der Waals surface area contributed by atoms with E-state index in [-0.39, 0.29) is 5.76 Å². The van der Waals surface area contributed by atoms with Crippen molar-refractivity contribution in [1.29, 1.82) is 0 Å². The van der Waals surface area contributed by atoms with E-state index in [9.17, 15) is 4.79 Å². The van der Waals surface area contributed by atoms with Gasteiger partial charge < -0.3 is 14.8 Å². The van der Waals surface area contributed by atoms with E-state index in [1.54, 1.807) is 6.07 Å². The topological polar surface area (TPSA) is 62.5 Å². The maximum absolute atomic E-state index is 10.7. The van der Waals surface area contributed by atoms with Crippen molar-refractivity contribution in [3.05, 3.63) is 47.7 Å². The van der Waals surface area contributed by atoms with Crippen LogP contribution in [-0.4, -0.2) is 11.1 Å². The largest absolute Gasteiger partial charge is 0.475 e. The Labute approximate surface area is 98.9 Å². The molecule has 1 aromatic heterocycles. The molecule has 0 spiro atoms. The maximum Gasteiger partial charge on any atom is 0.371 e. The summed E-state index contributed by atoms with van der Waals surface area (Å²) in [4.78, 5) is 10.7. The average Bonchev–Trinajstić information content (AvgIpc) is 2.78. The van der Waals surface area contributed by atoms with E-state index >= 15 is 0 Å². The number of hydrogen-bond acceptors (Lipinski definition) is 3. The highest BCUT2D eigenvalue weighted by Crippen LogP contribution is 2.22. The molecule has 4 heteroatoms. The summed E-state index contributed by atoms with van der Waals surface area (Å²) in [6.45, 7) is 2.06. The summed E-state index contributed by atoms with van der Waals surface area (Å²) in [5.74, 6) is -0.702. The van der Waals surface area contributed by atoms with Crippen molar-refractivity contribution >= 4 is 17.5 Å².